The van der Waals surface area contributed by atoms with E-state index in [1.807, 2.05) is 0 Å². The molecule has 0 atom stereocenters. The fourth-order valence-corrected chi connectivity index (χ4v) is 0.217. The van der Waals surface area contributed by atoms with E-state index in [1.165, 1.54) is 0 Å². The molecule has 52 valence electrons. The van der Waals surface area contributed by atoms with Crippen LogP contribution in [0.2, 0.25) is 0 Å². The zero-order valence-electron chi connectivity index (χ0n) is 5.49. The molecule has 0 aliphatic rings. The van der Waals surface area contributed by atoms with Crippen LogP contribution in [-0.4, -0.2) is 5.78 Å². The Balaban J connectivity index is 0. The average molecular weight is 126 g/mol. The van der Waals surface area contributed by atoms with Gasteiger partial charge in [0.05, 0.1) is 0 Å². The maximum Gasteiger partial charge on any atom is 0.210 e. The van der Waals surface area contributed by atoms with Gasteiger partial charge in [0.15, 0.2) is 0 Å². The number of ketones is 1. The molecule has 0 aliphatic carbocycles. The van der Waals surface area contributed by atoms with Gasteiger partial charge < -0.3 is 0 Å². The SMILES string of the molecule is C.C#CC(=O)C(C)(C)C. The lowest BCUT2D eigenvalue weighted by molar-refractivity contribution is -0.120. The summed E-state index contributed by atoms with van der Waals surface area (Å²) in [4.78, 5) is 10.6. The minimum absolute atomic E-state index is 0. The predicted molar refractivity (Wildman–Crippen MR) is 40.0 cm³/mol. The van der Waals surface area contributed by atoms with Crippen molar-refractivity contribution in [2.24, 2.45) is 5.41 Å². The van der Waals surface area contributed by atoms with Crippen molar-refractivity contribution in [3.8, 4) is 12.3 Å². The van der Waals surface area contributed by atoms with Gasteiger partial charge in [0.1, 0.15) is 0 Å². The summed E-state index contributed by atoms with van der Waals surface area (Å²) in [5, 5.41) is 0. The van der Waals surface area contributed by atoms with Gasteiger partial charge in [0.25, 0.3) is 0 Å². The molecular weight excluding hydrogens is 112 g/mol. The van der Waals surface area contributed by atoms with Crippen molar-refractivity contribution in [1.29, 1.82) is 0 Å². The fourth-order valence-electron chi connectivity index (χ4n) is 0.217. The monoisotopic (exact) mass is 126 g/mol. The molecule has 0 aliphatic heterocycles. The van der Waals surface area contributed by atoms with Gasteiger partial charge >= 0.3 is 0 Å². The zero-order valence-corrected chi connectivity index (χ0v) is 5.49. The maximum atomic E-state index is 10.6. The zero-order chi connectivity index (χ0) is 6.78. The second kappa shape index (κ2) is 3.29. The standard InChI is InChI=1S/C7H10O.CH4/c1-5-6(8)7(2,3)4;/h1H,2-4H3;1H4. The minimum atomic E-state index is -0.366. The van der Waals surface area contributed by atoms with Crippen molar-refractivity contribution in [2.45, 2.75) is 28.2 Å². The van der Waals surface area contributed by atoms with E-state index < -0.39 is 0 Å². The molecule has 1 heteroatoms. The molecule has 0 unspecified atom stereocenters. The van der Waals surface area contributed by atoms with Gasteiger partial charge in [-0.25, -0.2) is 0 Å². The highest BCUT2D eigenvalue weighted by atomic mass is 16.1. The quantitative estimate of drug-likeness (QED) is 0.357. The Morgan fingerprint density at radius 3 is 1.78 bits per heavy atom. The molecule has 0 saturated carbocycles. The molecule has 0 aromatic carbocycles. The molecule has 0 radical (unpaired) electrons. The molecule has 0 N–H and O–H groups in total. The van der Waals surface area contributed by atoms with Gasteiger partial charge in [-0.1, -0.05) is 28.2 Å². The summed E-state index contributed by atoms with van der Waals surface area (Å²) < 4.78 is 0. The molecule has 0 spiro atoms. The van der Waals surface area contributed by atoms with Crippen LogP contribution in [0.3, 0.4) is 0 Å². The van der Waals surface area contributed by atoms with E-state index in [0.29, 0.717) is 0 Å². The lowest BCUT2D eigenvalue weighted by atomic mass is 9.92. The Kier molecular flexibility index (Phi) is 4.06. The Morgan fingerprint density at radius 2 is 1.78 bits per heavy atom. The largest absolute Gasteiger partial charge is 0.284 e. The number of hydrogen-bond donors (Lipinski definition) is 0. The first-order valence-corrected chi connectivity index (χ1v) is 2.49. The number of terminal acetylenes is 1. The molecule has 0 aromatic heterocycles. The number of hydrogen-bond acceptors (Lipinski definition) is 1. The molecule has 0 heterocycles. The summed E-state index contributed by atoms with van der Waals surface area (Å²) in [6.07, 6.45) is 4.86. The fraction of sp³-hybridized carbons (Fsp3) is 0.625. The van der Waals surface area contributed by atoms with Gasteiger partial charge in [0.2, 0.25) is 5.78 Å². The van der Waals surface area contributed by atoms with E-state index in [1.54, 1.807) is 20.8 Å². The van der Waals surface area contributed by atoms with Gasteiger partial charge in [-0.05, 0) is 5.92 Å². The van der Waals surface area contributed by atoms with E-state index in [4.69, 9.17) is 6.42 Å². The molecule has 9 heavy (non-hydrogen) atoms. The number of Topliss-reactive ketones (excluding diaryl/α,β-unsaturated/α-hetero) is 1. The Labute approximate surface area is 57.5 Å². The summed E-state index contributed by atoms with van der Waals surface area (Å²) in [6.45, 7) is 5.40. The Hall–Kier alpha value is -0.770. The Bertz CT molecular complexity index is 132. The summed E-state index contributed by atoms with van der Waals surface area (Å²) in [5.74, 6) is 1.92. The van der Waals surface area contributed by atoms with E-state index in [2.05, 4.69) is 5.92 Å². The van der Waals surface area contributed by atoms with Gasteiger partial charge in [-0.2, -0.15) is 0 Å². The molecule has 0 bridgehead atoms. The molecule has 0 amide bonds. The smallest absolute Gasteiger partial charge is 0.210 e. The Morgan fingerprint density at radius 1 is 1.44 bits per heavy atom. The van der Waals surface area contributed by atoms with Crippen molar-refractivity contribution >= 4 is 5.78 Å². The van der Waals surface area contributed by atoms with Crippen LogP contribution in [0.25, 0.3) is 0 Å². The van der Waals surface area contributed by atoms with E-state index in [0.717, 1.165) is 0 Å². The van der Waals surface area contributed by atoms with Crippen LogP contribution in [0.15, 0.2) is 0 Å². The van der Waals surface area contributed by atoms with E-state index in [9.17, 15) is 4.79 Å². The highest BCUT2D eigenvalue weighted by Gasteiger charge is 2.17. The second-order valence-electron chi connectivity index (χ2n) is 2.72. The number of rotatable bonds is 0. The normalized spacial score (nSPS) is 9.11. The van der Waals surface area contributed by atoms with Crippen molar-refractivity contribution in [2.75, 3.05) is 0 Å². The van der Waals surface area contributed by atoms with Crippen LogP contribution in [0, 0.1) is 17.8 Å². The van der Waals surface area contributed by atoms with Crippen LogP contribution in [-0.2, 0) is 4.79 Å². The van der Waals surface area contributed by atoms with Crippen LogP contribution in [0.5, 0.6) is 0 Å². The highest BCUT2D eigenvalue weighted by molar-refractivity contribution is 5.98. The van der Waals surface area contributed by atoms with E-state index in [-0.39, 0.29) is 18.6 Å². The second-order valence-corrected chi connectivity index (χ2v) is 2.72. The first kappa shape index (κ1) is 11.1. The first-order chi connectivity index (χ1) is 3.48. The molecule has 0 fully saturated rings. The van der Waals surface area contributed by atoms with Crippen molar-refractivity contribution in [1.82, 2.24) is 0 Å². The van der Waals surface area contributed by atoms with Crippen LogP contribution >= 0.6 is 0 Å². The van der Waals surface area contributed by atoms with Gasteiger partial charge in [-0.15, -0.1) is 6.42 Å². The van der Waals surface area contributed by atoms with Crippen molar-refractivity contribution < 1.29 is 4.79 Å². The third kappa shape index (κ3) is 3.78. The topological polar surface area (TPSA) is 17.1 Å². The third-order valence-electron chi connectivity index (χ3n) is 0.812. The lowest BCUT2D eigenvalue weighted by Gasteiger charge is -2.10. The predicted octanol–water partition coefficient (Wildman–Crippen LogP) is 1.87. The molecule has 0 aromatic rings. The van der Waals surface area contributed by atoms with Gasteiger partial charge in [0, 0.05) is 5.41 Å². The molecular formula is C8H14O. The number of carbonyl (C=O) groups excluding carboxylic acids is 1. The lowest BCUT2D eigenvalue weighted by Crippen LogP contribution is -2.17. The average Bonchev–Trinajstić information content (AvgIpc) is 1.62. The molecule has 0 rings (SSSR count). The molecule has 1 nitrogen and oxygen atoms in total. The van der Waals surface area contributed by atoms with Crippen LogP contribution in [0.1, 0.15) is 28.2 Å². The van der Waals surface area contributed by atoms with E-state index >= 15 is 0 Å². The van der Waals surface area contributed by atoms with Gasteiger partial charge in [-0.3, -0.25) is 4.79 Å². The summed E-state index contributed by atoms with van der Waals surface area (Å²) >= 11 is 0. The minimum Gasteiger partial charge on any atom is -0.284 e. The molecule has 0 saturated heterocycles. The van der Waals surface area contributed by atoms with Crippen molar-refractivity contribution in [3.05, 3.63) is 0 Å². The van der Waals surface area contributed by atoms with Crippen LogP contribution < -0.4 is 0 Å². The summed E-state index contributed by atoms with van der Waals surface area (Å²) in [7, 11) is 0. The summed E-state index contributed by atoms with van der Waals surface area (Å²) in [6, 6.07) is 0. The van der Waals surface area contributed by atoms with Crippen molar-refractivity contribution in [3.63, 3.8) is 0 Å². The highest BCUT2D eigenvalue weighted by Crippen LogP contribution is 2.12. The third-order valence-corrected chi connectivity index (χ3v) is 0.812. The van der Waals surface area contributed by atoms with Crippen LogP contribution in [0.4, 0.5) is 0 Å². The maximum absolute atomic E-state index is 10.6. The summed E-state index contributed by atoms with van der Waals surface area (Å²) in [5.41, 5.74) is -0.366. The number of carbonyl (C=O) groups is 1. The first-order valence-electron chi connectivity index (χ1n) is 2.49.